The van der Waals surface area contributed by atoms with Crippen molar-refractivity contribution < 1.29 is 9.13 Å². The van der Waals surface area contributed by atoms with Gasteiger partial charge >= 0.3 is 0 Å². The van der Waals surface area contributed by atoms with Crippen LogP contribution in [0.4, 0.5) is 4.39 Å². The van der Waals surface area contributed by atoms with E-state index >= 15 is 0 Å². The van der Waals surface area contributed by atoms with Gasteiger partial charge in [-0.05, 0) is 67.6 Å². The van der Waals surface area contributed by atoms with Gasteiger partial charge in [-0.1, -0.05) is 41.1 Å². The van der Waals surface area contributed by atoms with Crippen molar-refractivity contribution in [2.45, 2.75) is 6.92 Å². The van der Waals surface area contributed by atoms with Gasteiger partial charge in [0.1, 0.15) is 5.69 Å². The largest absolute Gasteiger partial charge is 0.491 e. The molecule has 6 aromatic rings. The normalized spacial score (nSPS) is 11.9. The number of hydrogen-bond acceptors (Lipinski definition) is 6. The molecule has 3 aromatic carbocycles. The first-order chi connectivity index (χ1) is 18.5. The first-order valence-electron chi connectivity index (χ1n) is 11.7. The number of ether oxygens (including phenoxy) is 1. The Balaban J connectivity index is 1.47. The highest BCUT2D eigenvalue weighted by Gasteiger charge is 2.16. The summed E-state index contributed by atoms with van der Waals surface area (Å²) in [5, 5.41) is 9.74. The maximum Gasteiger partial charge on any atom is 0.291 e. The first-order valence-corrected chi connectivity index (χ1v) is 12.9. The molecule has 0 spiro atoms. The third-order valence-electron chi connectivity index (χ3n) is 5.84. The van der Waals surface area contributed by atoms with E-state index in [1.165, 1.54) is 21.9 Å². The number of hydrogen-bond donors (Lipinski definition) is 0. The zero-order valence-corrected chi connectivity index (χ0v) is 21.6. The molecule has 3 aromatic heterocycles. The molecule has 0 saturated heterocycles. The topological polar surface area (TPSA) is 74.3 Å². The molecule has 188 valence electrons. The molecular formula is C28H19ClFN5O2S. The number of para-hydroxylation sites is 1. The number of fused-ring (bicyclic) bond motifs is 1. The predicted molar refractivity (Wildman–Crippen MR) is 146 cm³/mol. The quantitative estimate of drug-likeness (QED) is 0.281. The molecule has 7 nitrogen and oxygen atoms in total. The molecule has 0 aliphatic heterocycles. The lowest BCUT2D eigenvalue weighted by Crippen LogP contribution is -2.23. The lowest BCUT2D eigenvalue weighted by Gasteiger charge is -2.06. The van der Waals surface area contributed by atoms with Gasteiger partial charge in [0.05, 0.1) is 16.8 Å². The minimum Gasteiger partial charge on any atom is -0.491 e. The SMILES string of the molecule is CCOc1ccc(-c2nn(-c3ccccc3)cc2C=c2sc3nc(-c4ccc(Cl)cc4)nn3c2=O)cc1F. The van der Waals surface area contributed by atoms with E-state index in [4.69, 9.17) is 21.4 Å². The summed E-state index contributed by atoms with van der Waals surface area (Å²) < 4.78 is 23.5. The van der Waals surface area contributed by atoms with Crippen LogP contribution >= 0.6 is 22.9 Å². The predicted octanol–water partition coefficient (Wildman–Crippen LogP) is 5.41. The van der Waals surface area contributed by atoms with E-state index < -0.39 is 5.82 Å². The Morgan fingerprint density at radius 1 is 1.03 bits per heavy atom. The van der Waals surface area contributed by atoms with Gasteiger partial charge in [-0.2, -0.15) is 14.6 Å². The minimum atomic E-state index is -0.484. The molecule has 0 amide bonds. The molecule has 0 bridgehead atoms. The highest BCUT2D eigenvalue weighted by molar-refractivity contribution is 7.15. The van der Waals surface area contributed by atoms with Crippen LogP contribution in [-0.4, -0.2) is 31.0 Å². The van der Waals surface area contributed by atoms with E-state index in [2.05, 4.69) is 10.1 Å². The number of rotatable bonds is 6. The van der Waals surface area contributed by atoms with Crippen molar-refractivity contribution in [3.05, 3.63) is 110 Å². The Morgan fingerprint density at radius 3 is 2.50 bits per heavy atom. The van der Waals surface area contributed by atoms with E-state index in [9.17, 15) is 9.18 Å². The molecule has 0 atom stereocenters. The maximum absolute atomic E-state index is 14.7. The van der Waals surface area contributed by atoms with E-state index in [0.29, 0.717) is 43.8 Å². The molecule has 10 heteroatoms. The lowest BCUT2D eigenvalue weighted by molar-refractivity contribution is 0.321. The lowest BCUT2D eigenvalue weighted by atomic mass is 10.1. The molecule has 0 unspecified atom stereocenters. The summed E-state index contributed by atoms with van der Waals surface area (Å²) in [6, 6.07) is 21.4. The van der Waals surface area contributed by atoms with Gasteiger partial charge in [0.25, 0.3) is 5.56 Å². The van der Waals surface area contributed by atoms with Crippen LogP contribution in [0.5, 0.6) is 5.75 Å². The average Bonchev–Trinajstić information content (AvgIpc) is 3.62. The fourth-order valence-corrected chi connectivity index (χ4v) is 5.07. The van der Waals surface area contributed by atoms with Crippen LogP contribution in [0.1, 0.15) is 12.5 Å². The van der Waals surface area contributed by atoms with Crippen molar-refractivity contribution >= 4 is 34.0 Å². The summed E-state index contributed by atoms with van der Waals surface area (Å²) in [7, 11) is 0. The second-order valence-corrected chi connectivity index (χ2v) is 9.79. The van der Waals surface area contributed by atoms with Gasteiger partial charge in [-0.3, -0.25) is 4.79 Å². The summed E-state index contributed by atoms with van der Waals surface area (Å²) >= 11 is 7.20. The summed E-state index contributed by atoms with van der Waals surface area (Å²) in [5.74, 6) is 0.134. The van der Waals surface area contributed by atoms with Crippen molar-refractivity contribution in [1.29, 1.82) is 0 Å². The Hall–Kier alpha value is -4.34. The highest BCUT2D eigenvalue weighted by atomic mass is 35.5. The third kappa shape index (κ3) is 4.46. The maximum atomic E-state index is 14.7. The molecule has 38 heavy (non-hydrogen) atoms. The van der Waals surface area contributed by atoms with Gasteiger partial charge < -0.3 is 4.74 Å². The summed E-state index contributed by atoms with van der Waals surface area (Å²) in [4.78, 5) is 18.2. The van der Waals surface area contributed by atoms with Gasteiger partial charge in [-0.25, -0.2) is 9.07 Å². The zero-order valence-electron chi connectivity index (χ0n) is 20.0. The number of halogens is 2. The van der Waals surface area contributed by atoms with Crippen LogP contribution in [0.3, 0.4) is 0 Å². The van der Waals surface area contributed by atoms with Crippen LogP contribution in [0.2, 0.25) is 5.02 Å². The molecule has 0 radical (unpaired) electrons. The number of thiazole rings is 1. The van der Waals surface area contributed by atoms with Gasteiger partial charge in [0.15, 0.2) is 17.4 Å². The van der Waals surface area contributed by atoms with Gasteiger partial charge in [0, 0.05) is 27.9 Å². The Morgan fingerprint density at radius 2 is 1.79 bits per heavy atom. The molecule has 6 rings (SSSR count). The van der Waals surface area contributed by atoms with Crippen molar-refractivity contribution in [2.24, 2.45) is 0 Å². The molecule has 0 saturated carbocycles. The summed E-state index contributed by atoms with van der Waals surface area (Å²) in [6.45, 7) is 2.16. The van der Waals surface area contributed by atoms with Crippen molar-refractivity contribution in [2.75, 3.05) is 6.61 Å². The number of benzene rings is 3. The van der Waals surface area contributed by atoms with Crippen molar-refractivity contribution in [3.8, 4) is 34.1 Å². The number of aromatic nitrogens is 5. The summed E-state index contributed by atoms with van der Waals surface area (Å²) in [5.41, 5.74) is 3.03. The fourth-order valence-electron chi connectivity index (χ4n) is 4.05. The standard InChI is InChI=1S/C28H19ClFN5O2S/c1-2-37-23-13-10-18(14-22(23)30)25-19(16-34(32-25)21-6-4-3-5-7-21)15-24-27(36)35-28(38-24)31-26(33-35)17-8-11-20(29)12-9-17/h3-16H,2H2,1H3. The third-order valence-corrected chi connectivity index (χ3v) is 7.05. The first kappa shape index (κ1) is 24.0. The van der Waals surface area contributed by atoms with Gasteiger partial charge in [-0.15, -0.1) is 5.10 Å². The Kier molecular flexibility index (Phi) is 6.22. The molecule has 0 aliphatic rings. The smallest absolute Gasteiger partial charge is 0.291 e. The van der Waals surface area contributed by atoms with Crippen molar-refractivity contribution in [3.63, 3.8) is 0 Å². The van der Waals surface area contributed by atoms with Crippen LogP contribution in [0.25, 0.3) is 39.4 Å². The molecule has 0 aliphatic carbocycles. The van der Waals surface area contributed by atoms with Crippen LogP contribution in [0.15, 0.2) is 83.8 Å². The molecule has 0 N–H and O–H groups in total. The second kappa shape index (κ2) is 9.85. The van der Waals surface area contributed by atoms with Crippen LogP contribution in [0, 0.1) is 5.82 Å². The Labute approximate surface area is 225 Å². The number of nitrogens with zero attached hydrogens (tertiary/aromatic N) is 5. The monoisotopic (exact) mass is 543 g/mol. The zero-order chi connectivity index (χ0) is 26.2. The van der Waals surface area contributed by atoms with Crippen LogP contribution < -0.4 is 14.8 Å². The van der Waals surface area contributed by atoms with E-state index in [1.54, 1.807) is 54.1 Å². The van der Waals surface area contributed by atoms with Gasteiger partial charge in [0.2, 0.25) is 4.96 Å². The van der Waals surface area contributed by atoms with E-state index in [0.717, 1.165) is 11.3 Å². The van der Waals surface area contributed by atoms with E-state index in [1.807, 2.05) is 36.5 Å². The van der Waals surface area contributed by atoms with Crippen LogP contribution in [-0.2, 0) is 0 Å². The fraction of sp³-hybridized carbons (Fsp3) is 0.0714. The summed E-state index contributed by atoms with van der Waals surface area (Å²) in [6.07, 6.45) is 3.55. The second-order valence-electron chi connectivity index (χ2n) is 8.34. The minimum absolute atomic E-state index is 0.174. The Bertz CT molecular complexity index is 1880. The van der Waals surface area contributed by atoms with Crippen molar-refractivity contribution in [1.82, 2.24) is 24.4 Å². The average molecular weight is 544 g/mol. The highest BCUT2D eigenvalue weighted by Crippen LogP contribution is 2.29. The molecular weight excluding hydrogens is 525 g/mol. The van der Waals surface area contributed by atoms with E-state index in [-0.39, 0.29) is 11.3 Å². The molecule has 3 heterocycles. The molecule has 0 fully saturated rings.